The summed E-state index contributed by atoms with van der Waals surface area (Å²) >= 11 is 2.18. The molecule has 0 radical (unpaired) electrons. The van der Waals surface area contributed by atoms with Crippen LogP contribution in [0.25, 0.3) is 0 Å². The van der Waals surface area contributed by atoms with E-state index in [1.807, 2.05) is 41.4 Å². The zero-order valence-electron chi connectivity index (χ0n) is 4.84. The molecule has 0 heterocycles. The fraction of sp³-hybridized carbons (Fsp3) is 0.143. The van der Waals surface area contributed by atoms with Crippen molar-refractivity contribution in [3.8, 4) is 0 Å². The second-order valence-electron chi connectivity index (χ2n) is 1.23. The van der Waals surface area contributed by atoms with Crippen molar-refractivity contribution in [2.24, 2.45) is 0 Å². The third-order valence-corrected chi connectivity index (χ3v) is 1.01. The lowest BCUT2D eigenvalue weighted by Gasteiger charge is -1.67. The molecule has 0 aromatic rings. The van der Waals surface area contributed by atoms with Crippen LogP contribution in [0.5, 0.6) is 0 Å². The quantitative estimate of drug-likeness (QED) is 0.495. The molecule has 0 rings (SSSR count). The Morgan fingerprint density at radius 3 is 2.12 bits per heavy atom. The summed E-state index contributed by atoms with van der Waals surface area (Å²) in [5.41, 5.74) is 0. The maximum atomic E-state index is 2.18. The molecular weight excluding hydrogens is 211 g/mol. The van der Waals surface area contributed by atoms with Crippen LogP contribution in [0, 0.1) is 0 Å². The molecule has 0 fully saturated rings. The first-order chi connectivity index (χ1) is 3.91. The van der Waals surface area contributed by atoms with Gasteiger partial charge >= 0.3 is 0 Å². The Bertz CT molecular complexity index is 95.6. The van der Waals surface area contributed by atoms with Crippen molar-refractivity contribution in [2.45, 2.75) is 6.92 Å². The van der Waals surface area contributed by atoms with Crippen LogP contribution in [-0.4, -0.2) is 0 Å². The molecule has 0 aromatic heterocycles. The van der Waals surface area contributed by atoms with Crippen LogP contribution in [0.2, 0.25) is 0 Å². The number of halogens is 1. The van der Waals surface area contributed by atoms with Crippen LogP contribution >= 0.6 is 22.6 Å². The molecule has 0 saturated carbocycles. The lowest BCUT2D eigenvalue weighted by Crippen LogP contribution is -1.44. The average molecular weight is 220 g/mol. The molecule has 1 heteroatoms. The normalized spacial score (nSPS) is 12.8. The van der Waals surface area contributed by atoms with Crippen LogP contribution in [-0.2, 0) is 0 Å². The van der Waals surface area contributed by atoms with Crippen molar-refractivity contribution >= 4 is 22.6 Å². The predicted octanol–water partition coefficient (Wildman–Crippen LogP) is 3.07. The van der Waals surface area contributed by atoms with E-state index in [1.54, 1.807) is 0 Å². The van der Waals surface area contributed by atoms with Gasteiger partial charge in [0.15, 0.2) is 0 Å². The lowest BCUT2D eigenvalue weighted by molar-refractivity contribution is 1.73. The van der Waals surface area contributed by atoms with E-state index >= 15 is 0 Å². The highest BCUT2D eigenvalue weighted by Gasteiger charge is 1.56. The van der Waals surface area contributed by atoms with Crippen LogP contribution in [0.15, 0.2) is 34.5 Å². The third kappa shape index (κ3) is 5.95. The first kappa shape index (κ1) is 7.95. The summed E-state index contributed by atoms with van der Waals surface area (Å²) in [6, 6.07) is 0. The summed E-state index contributed by atoms with van der Waals surface area (Å²) in [6.45, 7) is 2.00. The molecule has 0 spiro atoms. The molecule has 0 aliphatic carbocycles. The van der Waals surface area contributed by atoms with Gasteiger partial charge in [-0.1, -0.05) is 53.0 Å². The first-order valence-electron chi connectivity index (χ1n) is 2.46. The van der Waals surface area contributed by atoms with E-state index in [4.69, 9.17) is 0 Å². The van der Waals surface area contributed by atoms with Gasteiger partial charge in [0.05, 0.1) is 0 Å². The van der Waals surface area contributed by atoms with Crippen molar-refractivity contribution in [2.75, 3.05) is 0 Å². The van der Waals surface area contributed by atoms with Crippen molar-refractivity contribution in [1.82, 2.24) is 0 Å². The highest BCUT2D eigenvalue weighted by molar-refractivity contribution is 14.1. The molecule has 0 aliphatic heterocycles. The van der Waals surface area contributed by atoms with Gasteiger partial charge in [-0.05, 0) is 11.0 Å². The predicted molar refractivity (Wildman–Crippen MR) is 47.1 cm³/mol. The minimum atomic E-state index is 1.97. The monoisotopic (exact) mass is 220 g/mol. The molecule has 0 unspecified atom stereocenters. The maximum Gasteiger partial charge on any atom is -0.0234 e. The Balaban J connectivity index is 3.35. The molecule has 0 aromatic carbocycles. The molecule has 0 nitrogen and oxygen atoms in total. The highest BCUT2D eigenvalue weighted by atomic mass is 127. The van der Waals surface area contributed by atoms with Crippen molar-refractivity contribution in [3.05, 3.63) is 34.5 Å². The van der Waals surface area contributed by atoms with Gasteiger partial charge in [0, 0.05) is 0 Å². The standard InChI is InChI=1S/C7H9I/c1-2-3-4-5-6-7-8/h2-7H,1H3/b3-2-,5-4-,7-6+. The zero-order valence-corrected chi connectivity index (χ0v) is 7.00. The summed E-state index contributed by atoms with van der Waals surface area (Å²) < 4.78 is 1.97. The van der Waals surface area contributed by atoms with Crippen LogP contribution in [0.4, 0.5) is 0 Å². The molecule has 44 valence electrons. The first-order valence-corrected chi connectivity index (χ1v) is 3.71. The molecule has 0 saturated heterocycles. The van der Waals surface area contributed by atoms with Gasteiger partial charge in [-0.3, -0.25) is 0 Å². The Morgan fingerprint density at radius 2 is 1.62 bits per heavy atom. The summed E-state index contributed by atoms with van der Waals surface area (Å²) in [7, 11) is 0. The van der Waals surface area contributed by atoms with Gasteiger partial charge < -0.3 is 0 Å². The van der Waals surface area contributed by atoms with Gasteiger partial charge in [0.25, 0.3) is 0 Å². The van der Waals surface area contributed by atoms with Crippen LogP contribution in [0.1, 0.15) is 6.92 Å². The zero-order chi connectivity index (χ0) is 6.24. The second kappa shape index (κ2) is 6.95. The number of hydrogen-bond donors (Lipinski definition) is 0. The van der Waals surface area contributed by atoms with Gasteiger partial charge in [-0.2, -0.15) is 0 Å². The number of hydrogen-bond acceptors (Lipinski definition) is 0. The Labute approximate surface area is 64.1 Å². The fourth-order valence-electron chi connectivity index (χ4n) is 0.281. The van der Waals surface area contributed by atoms with Crippen LogP contribution < -0.4 is 0 Å². The highest BCUT2D eigenvalue weighted by Crippen LogP contribution is 1.84. The summed E-state index contributed by atoms with van der Waals surface area (Å²) in [5, 5.41) is 0. The summed E-state index contributed by atoms with van der Waals surface area (Å²) in [6.07, 6.45) is 9.97. The van der Waals surface area contributed by atoms with Gasteiger partial charge in [-0.25, -0.2) is 0 Å². The van der Waals surface area contributed by atoms with E-state index in [0.29, 0.717) is 0 Å². The molecule has 0 N–H and O–H groups in total. The fourth-order valence-corrected chi connectivity index (χ4v) is 0.521. The molecule has 0 atom stereocenters. The second-order valence-corrected chi connectivity index (χ2v) is 1.95. The molecule has 0 amide bonds. The Morgan fingerprint density at radius 1 is 1.00 bits per heavy atom. The molecular formula is C7H9I. The topological polar surface area (TPSA) is 0 Å². The largest absolute Gasteiger partial charge is 0.0877 e. The van der Waals surface area contributed by atoms with Crippen molar-refractivity contribution in [3.63, 3.8) is 0 Å². The molecule has 8 heavy (non-hydrogen) atoms. The molecule has 0 bridgehead atoms. The van der Waals surface area contributed by atoms with E-state index in [-0.39, 0.29) is 0 Å². The van der Waals surface area contributed by atoms with Crippen LogP contribution in [0.3, 0.4) is 0 Å². The SMILES string of the molecule is C\C=C/C=C\C=C\I. The van der Waals surface area contributed by atoms with E-state index < -0.39 is 0 Å². The number of allylic oxidation sites excluding steroid dienone is 5. The van der Waals surface area contributed by atoms with Gasteiger partial charge in [0.2, 0.25) is 0 Å². The van der Waals surface area contributed by atoms with Gasteiger partial charge in [0.1, 0.15) is 0 Å². The van der Waals surface area contributed by atoms with E-state index in [9.17, 15) is 0 Å². The average Bonchev–Trinajstić information content (AvgIpc) is 1.81. The van der Waals surface area contributed by atoms with Crippen molar-refractivity contribution in [1.29, 1.82) is 0 Å². The van der Waals surface area contributed by atoms with E-state index in [2.05, 4.69) is 22.6 Å². The molecule has 0 aliphatic rings. The number of rotatable bonds is 2. The Kier molecular flexibility index (Phi) is 6.91. The minimum absolute atomic E-state index is 1.97. The Hall–Kier alpha value is -0.0500. The van der Waals surface area contributed by atoms with Gasteiger partial charge in [-0.15, -0.1) is 0 Å². The maximum absolute atomic E-state index is 2.18. The summed E-state index contributed by atoms with van der Waals surface area (Å²) in [5.74, 6) is 0. The third-order valence-electron chi connectivity index (χ3n) is 0.599. The van der Waals surface area contributed by atoms with E-state index in [0.717, 1.165) is 0 Å². The lowest BCUT2D eigenvalue weighted by atomic mass is 10.4. The summed E-state index contributed by atoms with van der Waals surface area (Å²) in [4.78, 5) is 0. The minimum Gasteiger partial charge on any atom is -0.0877 e. The van der Waals surface area contributed by atoms with Crippen molar-refractivity contribution < 1.29 is 0 Å². The van der Waals surface area contributed by atoms with E-state index in [1.165, 1.54) is 0 Å². The smallest absolute Gasteiger partial charge is 0.0234 e.